The number of ether oxygens (including phenoxy) is 2. The maximum atomic E-state index is 10.7. The van der Waals surface area contributed by atoms with Crippen LogP contribution in [0.4, 0.5) is 23.5 Å². The van der Waals surface area contributed by atoms with Crippen LogP contribution in [0.5, 0.6) is 5.75 Å². The maximum absolute atomic E-state index is 10.7. The second-order valence-corrected chi connectivity index (χ2v) is 7.00. The zero-order valence-corrected chi connectivity index (χ0v) is 17.7. The largest absolute Gasteiger partial charge is 0.482 e. The number of aliphatic carboxylic acids is 1. The van der Waals surface area contributed by atoms with Crippen molar-refractivity contribution in [3.8, 4) is 5.75 Å². The summed E-state index contributed by atoms with van der Waals surface area (Å²) in [6.45, 7) is 2.16. The number of carboxylic acid groups (broad SMARTS) is 1. The smallest absolute Gasteiger partial charge is 0.341 e. The number of morpholine rings is 1. The quantitative estimate of drug-likeness (QED) is 0.330. The average Bonchev–Trinajstić information content (AvgIpc) is 2.84. The number of hydrogen-bond donors (Lipinski definition) is 3. The van der Waals surface area contributed by atoms with Crippen LogP contribution in [0.15, 0.2) is 59.7 Å². The normalized spacial score (nSPS) is 13.6. The Labute approximate surface area is 190 Å². The highest BCUT2D eigenvalue weighted by Crippen LogP contribution is 2.18. The molecule has 4 rings (SSSR count). The molecule has 1 saturated heterocycles. The first-order valence-corrected chi connectivity index (χ1v) is 10.3. The molecular formula is C22H23N7O4. The zero-order chi connectivity index (χ0) is 22.9. The van der Waals surface area contributed by atoms with Crippen molar-refractivity contribution in [3.63, 3.8) is 0 Å². The fourth-order valence-electron chi connectivity index (χ4n) is 3.02. The van der Waals surface area contributed by atoms with Gasteiger partial charge in [0.15, 0.2) is 6.61 Å². The van der Waals surface area contributed by atoms with E-state index in [1.807, 2.05) is 41.3 Å². The van der Waals surface area contributed by atoms with Crippen molar-refractivity contribution in [2.24, 2.45) is 5.10 Å². The molecule has 1 aliphatic rings. The molecule has 0 radical (unpaired) electrons. The average molecular weight is 449 g/mol. The van der Waals surface area contributed by atoms with Crippen LogP contribution in [0.2, 0.25) is 0 Å². The Hall–Kier alpha value is -4.25. The Morgan fingerprint density at radius 2 is 1.88 bits per heavy atom. The van der Waals surface area contributed by atoms with Gasteiger partial charge >= 0.3 is 5.97 Å². The van der Waals surface area contributed by atoms with Crippen molar-refractivity contribution in [1.29, 1.82) is 0 Å². The van der Waals surface area contributed by atoms with E-state index < -0.39 is 12.6 Å². The number of hydrazone groups is 1. The molecule has 11 nitrogen and oxygen atoms in total. The van der Waals surface area contributed by atoms with Crippen LogP contribution in [-0.2, 0) is 9.53 Å². The molecule has 0 aliphatic carbocycles. The van der Waals surface area contributed by atoms with Crippen molar-refractivity contribution < 1.29 is 19.4 Å². The lowest BCUT2D eigenvalue weighted by atomic mass is 10.2. The molecule has 0 amide bonds. The van der Waals surface area contributed by atoms with Gasteiger partial charge in [0.05, 0.1) is 19.4 Å². The summed E-state index contributed by atoms with van der Waals surface area (Å²) < 4.78 is 10.6. The summed E-state index contributed by atoms with van der Waals surface area (Å²) in [5.74, 6) is 0.583. The van der Waals surface area contributed by atoms with Gasteiger partial charge in [-0.05, 0) is 29.8 Å². The number of nitrogens with one attached hydrogen (secondary N) is 2. The molecule has 0 bridgehead atoms. The molecule has 2 heterocycles. The van der Waals surface area contributed by atoms with Crippen LogP contribution in [0.1, 0.15) is 5.56 Å². The number of nitrogens with zero attached hydrogens (tertiary/aromatic N) is 5. The van der Waals surface area contributed by atoms with Gasteiger partial charge in [-0.25, -0.2) is 10.2 Å². The fraction of sp³-hybridized carbons (Fsp3) is 0.227. The van der Waals surface area contributed by atoms with Crippen molar-refractivity contribution >= 4 is 35.7 Å². The molecule has 0 atom stereocenters. The van der Waals surface area contributed by atoms with Gasteiger partial charge in [0.25, 0.3) is 0 Å². The summed E-state index contributed by atoms with van der Waals surface area (Å²) >= 11 is 0. The highest BCUT2D eigenvalue weighted by atomic mass is 16.5. The Kier molecular flexibility index (Phi) is 7.23. The number of benzene rings is 2. The van der Waals surface area contributed by atoms with E-state index in [-0.39, 0.29) is 5.95 Å². The van der Waals surface area contributed by atoms with E-state index in [1.54, 1.807) is 24.4 Å². The van der Waals surface area contributed by atoms with Gasteiger partial charge in [-0.15, -0.1) is 0 Å². The van der Waals surface area contributed by atoms with E-state index in [4.69, 9.17) is 14.6 Å². The Balaban J connectivity index is 1.50. The van der Waals surface area contributed by atoms with Crippen LogP contribution in [0, 0.1) is 0 Å². The summed E-state index contributed by atoms with van der Waals surface area (Å²) in [5.41, 5.74) is 4.41. The summed E-state index contributed by atoms with van der Waals surface area (Å²) in [6, 6.07) is 16.5. The summed E-state index contributed by atoms with van der Waals surface area (Å²) in [6.07, 6.45) is 1.57. The second-order valence-electron chi connectivity index (χ2n) is 7.00. The third-order valence-corrected chi connectivity index (χ3v) is 4.55. The molecule has 1 aliphatic heterocycles. The first-order valence-electron chi connectivity index (χ1n) is 10.3. The van der Waals surface area contributed by atoms with Gasteiger partial charge in [-0.3, -0.25) is 0 Å². The van der Waals surface area contributed by atoms with Crippen molar-refractivity contribution in [2.45, 2.75) is 0 Å². The van der Waals surface area contributed by atoms with Gasteiger partial charge in [-0.1, -0.05) is 30.3 Å². The fourth-order valence-corrected chi connectivity index (χ4v) is 3.02. The molecule has 2 aromatic carbocycles. The highest BCUT2D eigenvalue weighted by Gasteiger charge is 2.16. The van der Waals surface area contributed by atoms with E-state index in [9.17, 15) is 4.79 Å². The molecule has 11 heteroatoms. The lowest BCUT2D eigenvalue weighted by Crippen LogP contribution is -2.37. The SMILES string of the molecule is O=C(O)COc1cccc(/C=N\Nc2nc(Nc3ccccc3)nc(N3CCOCC3)n2)c1. The molecule has 3 aromatic rings. The van der Waals surface area contributed by atoms with Gasteiger partial charge < -0.3 is 24.8 Å². The number of rotatable bonds is 9. The molecule has 0 unspecified atom stereocenters. The molecule has 1 fully saturated rings. The van der Waals surface area contributed by atoms with E-state index >= 15 is 0 Å². The Morgan fingerprint density at radius 1 is 1.09 bits per heavy atom. The third kappa shape index (κ3) is 6.61. The van der Waals surface area contributed by atoms with Crippen LogP contribution >= 0.6 is 0 Å². The highest BCUT2D eigenvalue weighted by molar-refractivity contribution is 5.80. The first-order chi connectivity index (χ1) is 16.2. The Bertz CT molecular complexity index is 1100. The minimum absolute atomic E-state index is 0.277. The third-order valence-electron chi connectivity index (χ3n) is 4.55. The van der Waals surface area contributed by atoms with Gasteiger partial charge in [0, 0.05) is 18.8 Å². The van der Waals surface area contributed by atoms with E-state index in [0.29, 0.717) is 43.9 Å². The zero-order valence-electron chi connectivity index (χ0n) is 17.7. The molecule has 3 N–H and O–H groups in total. The standard InChI is InChI=1S/C22H23N7O4/c30-19(31)15-33-18-8-4-5-16(13-18)14-23-28-21-25-20(24-17-6-2-1-3-7-17)26-22(27-21)29-9-11-32-12-10-29/h1-8,13-14H,9-12,15H2,(H,30,31)(H2,24,25,26,27,28)/b23-14-. The van der Waals surface area contributed by atoms with Crippen molar-refractivity contribution in [2.75, 3.05) is 48.6 Å². The van der Waals surface area contributed by atoms with Crippen LogP contribution in [-0.4, -0.2) is 65.2 Å². The first kappa shape index (κ1) is 22.0. The van der Waals surface area contributed by atoms with Gasteiger partial charge in [0.1, 0.15) is 5.75 Å². The molecular weight excluding hydrogens is 426 g/mol. The molecule has 0 saturated carbocycles. The number of aromatic nitrogens is 3. The summed E-state index contributed by atoms with van der Waals surface area (Å²) in [4.78, 5) is 26.2. The minimum Gasteiger partial charge on any atom is -0.482 e. The Morgan fingerprint density at radius 3 is 2.67 bits per heavy atom. The van der Waals surface area contributed by atoms with Crippen LogP contribution < -0.4 is 20.4 Å². The molecule has 1 aromatic heterocycles. The number of carboxylic acids is 1. The van der Waals surface area contributed by atoms with E-state index in [0.717, 1.165) is 11.3 Å². The van der Waals surface area contributed by atoms with Crippen LogP contribution in [0.25, 0.3) is 0 Å². The monoisotopic (exact) mass is 449 g/mol. The summed E-state index contributed by atoms with van der Waals surface area (Å²) in [7, 11) is 0. The predicted molar refractivity (Wildman–Crippen MR) is 123 cm³/mol. The lowest BCUT2D eigenvalue weighted by Gasteiger charge is -2.27. The number of hydrogen-bond acceptors (Lipinski definition) is 10. The number of para-hydroxylation sites is 1. The van der Waals surface area contributed by atoms with Gasteiger partial charge in [-0.2, -0.15) is 20.1 Å². The maximum Gasteiger partial charge on any atom is 0.341 e. The topological polar surface area (TPSA) is 134 Å². The van der Waals surface area contributed by atoms with Crippen molar-refractivity contribution in [1.82, 2.24) is 15.0 Å². The minimum atomic E-state index is -1.04. The van der Waals surface area contributed by atoms with E-state index in [2.05, 4.69) is 30.8 Å². The van der Waals surface area contributed by atoms with E-state index in [1.165, 1.54) is 0 Å². The lowest BCUT2D eigenvalue weighted by molar-refractivity contribution is -0.139. The second kappa shape index (κ2) is 10.9. The van der Waals surface area contributed by atoms with Crippen molar-refractivity contribution in [3.05, 3.63) is 60.2 Å². The van der Waals surface area contributed by atoms with Gasteiger partial charge in [0.2, 0.25) is 17.8 Å². The molecule has 170 valence electrons. The molecule has 33 heavy (non-hydrogen) atoms. The number of carbonyl (C=O) groups is 1. The number of anilines is 4. The molecule has 0 spiro atoms. The predicted octanol–water partition coefficient (Wildman–Crippen LogP) is 2.36. The summed E-state index contributed by atoms with van der Waals surface area (Å²) in [5, 5.41) is 16.1. The van der Waals surface area contributed by atoms with Crippen LogP contribution in [0.3, 0.4) is 0 Å².